The number of pyridine rings is 2. The second-order valence-electron chi connectivity index (χ2n) is 7.39. The van der Waals surface area contributed by atoms with E-state index in [4.69, 9.17) is 9.72 Å². The van der Waals surface area contributed by atoms with E-state index in [-0.39, 0.29) is 0 Å². The van der Waals surface area contributed by atoms with Crippen molar-refractivity contribution in [1.82, 2.24) is 19.5 Å². The van der Waals surface area contributed by atoms with E-state index in [1.165, 1.54) is 12.3 Å². The van der Waals surface area contributed by atoms with E-state index >= 15 is 0 Å². The monoisotopic (exact) mass is 402 g/mol. The minimum Gasteiger partial charge on any atom is -0.487 e. The van der Waals surface area contributed by atoms with Crippen LogP contribution >= 0.6 is 0 Å². The van der Waals surface area contributed by atoms with Crippen molar-refractivity contribution < 1.29 is 9.13 Å². The van der Waals surface area contributed by atoms with Crippen LogP contribution in [0.25, 0.3) is 22.6 Å². The van der Waals surface area contributed by atoms with Crippen LogP contribution in [0.2, 0.25) is 0 Å². The number of hydrogen-bond donors (Lipinski definition) is 0. The summed E-state index contributed by atoms with van der Waals surface area (Å²) < 4.78 is 21.1. The topological polar surface area (TPSA) is 52.8 Å². The molecule has 4 aromatic rings. The van der Waals surface area contributed by atoms with E-state index in [1.807, 2.05) is 62.0 Å². The molecule has 0 spiro atoms. The fourth-order valence-electron chi connectivity index (χ4n) is 3.51. The first-order chi connectivity index (χ1) is 14.4. The van der Waals surface area contributed by atoms with Gasteiger partial charge in [-0.1, -0.05) is 6.07 Å². The molecule has 0 saturated heterocycles. The SMILES string of the molecule is Cc1ccc(COc2ccc(-c3c(C)nc(-c4ccc(F)nc4)n3C)c(C)c2)nc1. The number of halogens is 1. The highest BCUT2D eigenvalue weighted by molar-refractivity contribution is 5.71. The molecule has 0 radical (unpaired) electrons. The van der Waals surface area contributed by atoms with Gasteiger partial charge in [0.25, 0.3) is 0 Å². The van der Waals surface area contributed by atoms with Crippen LogP contribution in [0.3, 0.4) is 0 Å². The molecule has 0 aliphatic heterocycles. The third kappa shape index (κ3) is 3.94. The lowest BCUT2D eigenvalue weighted by atomic mass is 10.0. The van der Waals surface area contributed by atoms with Gasteiger partial charge in [0.15, 0.2) is 0 Å². The van der Waals surface area contributed by atoms with Gasteiger partial charge in [-0.25, -0.2) is 9.97 Å². The smallest absolute Gasteiger partial charge is 0.212 e. The number of imidazole rings is 1. The van der Waals surface area contributed by atoms with Crippen molar-refractivity contribution in [3.8, 4) is 28.4 Å². The highest BCUT2D eigenvalue weighted by Crippen LogP contribution is 2.32. The van der Waals surface area contributed by atoms with Crippen LogP contribution in [0.15, 0.2) is 54.9 Å². The summed E-state index contributed by atoms with van der Waals surface area (Å²) in [6.45, 7) is 6.46. The van der Waals surface area contributed by atoms with Gasteiger partial charge in [0, 0.05) is 30.6 Å². The maximum atomic E-state index is 13.2. The second-order valence-corrected chi connectivity index (χ2v) is 7.39. The summed E-state index contributed by atoms with van der Waals surface area (Å²) in [4.78, 5) is 12.8. The van der Waals surface area contributed by atoms with Crippen molar-refractivity contribution in [3.05, 3.63) is 83.3 Å². The molecule has 0 saturated carbocycles. The zero-order valence-corrected chi connectivity index (χ0v) is 17.5. The normalized spacial score (nSPS) is 11.0. The second kappa shape index (κ2) is 8.06. The summed E-state index contributed by atoms with van der Waals surface area (Å²) >= 11 is 0. The number of benzene rings is 1. The van der Waals surface area contributed by atoms with Gasteiger partial charge < -0.3 is 9.30 Å². The Morgan fingerprint density at radius 1 is 0.967 bits per heavy atom. The lowest BCUT2D eigenvalue weighted by Crippen LogP contribution is -2.00. The molecule has 0 bridgehead atoms. The maximum absolute atomic E-state index is 13.2. The molecule has 152 valence electrons. The minimum atomic E-state index is -0.503. The quantitative estimate of drug-likeness (QED) is 0.431. The van der Waals surface area contributed by atoms with Crippen LogP contribution in [-0.4, -0.2) is 19.5 Å². The van der Waals surface area contributed by atoms with Crippen LogP contribution in [-0.2, 0) is 13.7 Å². The molecule has 4 rings (SSSR count). The van der Waals surface area contributed by atoms with Crippen LogP contribution < -0.4 is 4.74 Å². The average Bonchev–Trinajstić information content (AvgIpc) is 3.02. The lowest BCUT2D eigenvalue weighted by molar-refractivity contribution is 0.301. The predicted octanol–water partition coefficient (Wildman–Crippen LogP) is 5.19. The summed E-state index contributed by atoms with van der Waals surface area (Å²) in [5.41, 5.74) is 6.86. The van der Waals surface area contributed by atoms with Gasteiger partial charge in [-0.3, -0.25) is 4.98 Å². The van der Waals surface area contributed by atoms with Gasteiger partial charge in [0.05, 0.1) is 17.1 Å². The third-order valence-electron chi connectivity index (χ3n) is 5.07. The molecule has 5 nitrogen and oxygen atoms in total. The highest BCUT2D eigenvalue weighted by atomic mass is 19.1. The number of aromatic nitrogens is 4. The molecule has 0 fully saturated rings. The zero-order chi connectivity index (χ0) is 21.3. The van der Waals surface area contributed by atoms with E-state index in [9.17, 15) is 4.39 Å². The molecule has 1 aromatic carbocycles. The van der Waals surface area contributed by atoms with Crippen LogP contribution in [0.4, 0.5) is 4.39 Å². The van der Waals surface area contributed by atoms with Gasteiger partial charge in [0.1, 0.15) is 18.2 Å². The predicted molar refractivity (Wildman–Crippen MR) is 115 cm³/mol. The number of aryl methyl sites for hydroxylation is 3. The molecule has 0 aliphatic carbocycles. The number of hydrogen-bond acceptors (Lipinski definition) is 4. The van der Waals surface area contributed by atoms with E-state index in [1.54, 1.807) is 6.07 Å². The summed E-state index contributed by atoms with van der Waals surface area (Å²) in [6, 6.07) is 13.1. The van der Waals surface area contributed by atoms with Gasteiger partial charge in [-0.2, -0.15) is 4.39 Å². The number of rotatable bonds is 5. The first-order valence-electron chi connectivity index (χ1n) is 9.73. The molecule has 0 atom stereocenters. The van der Waals surface area contributed by atoms with Crippen molar-refractivity contribution in [2.45, 2.75) is 27.4 Å². The molecule has 0 amide bonds. The largest absolute Gasteiger partial charge is 0.487 e. The minimum absolute atomic E-state index is 0.422. The number of nitrogens with zero attached hydrogens (tertiary/aromatic N) is 4. The van der Waals surface area contributed by atoms with E-state index < -0.39 is 5.95 Å². The zero-order valence-electron chi connectivity index (χ0n) is 17.5. The van der Waals surface area contributed by atoms with Crippen molar-refractivity contribution in [2.24, 2.45) is 7.05 Å². The van der Waals surface area contributed by atoms with Crippen molar-refractivity contribution in [3.63, 3.8) is 0 Å². The molecule has 30 heavy (non-hydrogen) atoms. The van der Waals surface area contributed by atoms with Crippen LogP contribution in [0.5, 0.6) is 5.75 Å². The first kappa shape index (κ1) is 19.8. The van der Waals surface area contributed by atoms with E-state index in [2.05, 4.69) is 16.9 Å². The Balaban J connectivity index is 1.60. The average molecular weight is 402 g/mol. The van der Waals surface area contributed by atoms with Gasteiger partial charge >= 0.3 is 0 Å². The summed E-state index contributed by atoms with van der Waals surface area (Å²) in [6.07, 6.45) is 3.34. The third-order valence-corrected chi connectivity index (χ3v) is 5.07. The molecule has 0 aliphatic rings. The highest BCUT2D eigenvalue weighted by Gasteiger charge is 2.17. The fourth-order valence-corrected chi connectivity index (χ4v) is 3.51. The molecular weight excluding hydrogens is 379 g/mol. The van der Waals surface area contributed by atoms with E-state index in [0.717, 1.165) is 50.9 Å². The molecular formula is C24H23FN4O. The van der Waals surface area contributed by atoms with Crippen LogP contribution in [0.1, 0.15) is 22.5 Å². The number of ether oxygens (including phenoxy) is 1. The fraction of sp³-hybridized carbons (Fsp3) is 0.208. The Kier molecular flexibility index (Phi) is 5.31. The van der Waals surface area contributed by atoms with Crippen molar-refractivity contribution in [2.75, 3.05) is 0 Å². The molecule has 3 heterocycles. The van der Waals surface area contributed by atoms with Crippen molar-refractivity contribution in [1.29, 1.82) is 0 Å². The summed E-state index contributed by atoms with van der Waals surface area (Å²) in [5, 5.41) is 0. The Morgan fingerprint density at radius 2 is 1.80 bits per heavy atom. The Labute approximate surface area is 175 Å². The molecule has 0 unspecified atom stereocenters. The molecule has 6 heteroatoms. The Hall–Kier alpha value is -3.54. The van der Waals surface area contributed by atoms with Gasteiger partial charge in [0.2, 0.25) is 5.95 Å². The Bertz CT molecular complexity index is 1180. The standard InChI is InChI=1S/C24H23FN4O/c1-15-5-7-19(26-12-15)14-30-20-8-9-21(16(2)11-20)23-17(3)28-24(29(23)4)18-6-10-22(25)27-13-18/h5-13H,14H2,1-4H3. The molecule has 0 N–H and O–H groups in total. The van der Waals surface area contributed by atoms with Crippen molar-refractivity contribution >= 4 is 0 Å². The van der Waals surface area contributed by atoms with E-state index in [0.29, 0.717) is 6.61 Å². The Morgan fingerprint density at radius 3 is 2.47 bits per heavy atom. The molecule has 3 aromatic heterocycles. The first-order valence-corrected chi connectivity index (χ1v) is 9.73. The maximum Gasteiger partial charge on any atom is 0.212 e. The summed E-state index contributed by atoms with van der Waals surface area (Å²) in [5.74, 6) is 1.04. The summed E-state index contributed by atoms with van der Waals surface area (Å²) in [7, 11) is 1.96. The van der Waals surface area contributed by atoms with Crippen LogP contribution in [0, 0.1) is 26.7 Å². The van der Waals surface area contributed by atoms with Gasteiger partial charge in [-0.05, 0) is 68.3 Å². The lowest BCUT2D eigenvalue weighted by Gasteiger charge is -2.12. The van der Waals surface area contributed by atoms with Gasteiger partial charge in [-0.15, -0.1) is 0 Å².